The summed E-state index contributed by atoms with van der Waals surface area (Å²) in [5, 5.41) is 0.288. The smallest absolute Gasteiger partial charge is 0.308 e. The van der Waals surface area contributed by atoms with Gasteiger partial charge in [-0.25, -0.2) is 0 Å². The third kappa shape index (κ3) is 5.00. The summed E-state index contributed by atoms with van der Waals surface area (Å²) in [4.78, 5) is 10.7. The molecule has 0 aliphatic heterocycles. The predicted octanol–water partition coefficient (Wildman–Crippen LogP) is 3.66. The predicted molar refractivity (Wildman–Crippen MR) is 66.2 cm³/mol. The zero-order chi connectivity index (χ0) is 12.3. The molecule has 0 radical (unpaired) electrons. The maximum Gasteiger partial charge on any atom is 0.308 e. The first-order valence-electron chi connectivity index (χ1n) is 5.19. The molecule has 0 aliphatic carbocycles. The Morgan fingerprint density at radius 1 is 1.27 bits per heavy atom. The zero-order valence-electron chi connectivity index (χ0n) is 10.9. The van der Waals surface area contributed by atoms with E-state index in [4.69, 9.17) is 4.74 Å². The Morgan fingerprint density at radius 3 is 2.07 bits per heavy atom. The molecule has 0 saturated heterocycles. The van der Waals surface area contributed by atoms with Crippen LogP contribution in [0, 0.1) is 0 Å². The lowest BCUT2D eigenvalue weighted by atomic mass is 10.2. The molecule has 0 amide bonds. The third-order valence-electron chi connectivity index (χ3n) is 2.87. The van der Waals surface area contributed by atoms with Crippen LogP contribution in [0.1, 0.15) is 34.6 Å². The molecule has 0 atom stereocenters. The minimum Gasteiger partial charge on any atom is -0.423 e. The average Bonchev–Trinajstić information content (AvgIpc) is 1.97. The van der Waals surface area contributed by atoms with Gasteiger partial charge in [-0.2, -0.15) is 0 Å². The molecule has 0 aromatic heterocycles. The van der Waals surface area contributed by atoms with Crippen LogP contribution in [0.4, 0.5) is 0 Å². The van der Waals surface area contributed by atoms with Gasteiger partial charge < -0.3 is 4.74 Å². The molecule has 0 aromatic carbocycles. The molecular weight excluding hydrogens is 204 g/mol. The summed E-state index contributed by atoms with van der Waals surface area (Å²) >= 11 is 0. The van der Waals surface area contributed by atoms with Gasteiger partial charge in [0.25, 0.3) is 0 Å². The number of allylic oxidation sites excluding steroid dienone is 1. The highest BCUT2D eigenvalue weighted by Gasteiger charge is 2.32. The van der Waals surface area contributed by atoms with E-state index in [-0.39, 0.29) is 11.0 Å². The van der Waals surface area contributed by atoms with E-state index in [0.717, 1.165) is 0 Å². The summed E-state index contributed by atoms with van der Waals surface area (Å²) in [5.41, 5.74) is 5.17. The molecule has 0 aliphatic rings. The van der Waals surface area contributed by atoms with Crippen LogP contribution in [0.2, 0.25) is 18.1 Å². The van der Waals surface area contributed by atoms with E-state index < -0.39 is 8.07 Å². The van der Waals surface area contributed by atoms with Crippen molar-refractivity contribution in [1.29, 1.82) is 0 Å². The fourth-order valence-electron chi connectivity index (χ4n) is 0.744. The van der Waals surface area contributed by atoms with Gasteiger partial charge in [-0.1, -0.05) is 45.3 Å². The van der Waals surface area contributed by atoms with Gasteiger partial charge in [0.2, 0.25) is 0 Å². The molecule has 2 nitrogen and oxygen atoms in total. The monoisotopic (exact) mass is 226 g/mol. The van der Waals surface area contributed by atoms with Gasteiger partial charge in [0, 0.05) is 13.8 Å². The second-order valence-corrected chi connectivity index (χ2v) is 10.6. The van der Waals surface area contributed by atoms with Crippen LogP contribution in [0.15, 0.2) is 17.2 Å². The Balaban J connectivity index is 4.85. The maximum atomic E-state index is 10.7. The molecule has 86 valence electrons. The summed E-state index contributed by atoms with van der Waals surface area (Å²) in [6.45, 7) is 14.4. The fourth-order valence-corrected chi connectivity index (χ4v) is 1.74. The first-order valence-corrected chi connectivity index (χ1v) is 8.27. The van der Waals surface area contributed by atoms with Gasteiger partial charge in [0.15, 0.2) is 0 Å². The van der Waals surface area contributed by atoms with Crippen LogP contribution in [-0.4, -0.2) is 14.0 Å². The van der Waals surface area contributed by atoms with Crippen LogP contribution < -0.4 is 0 Å². The van der Waals surface area contributed by atoms with Crippen LogP contribution in [0.5, 0.6) is 0 Å². The number of carbonyl (C=O) groups excluding carboxylic acids is 1. The highest BCUT2D eigenvalue weighted by atomic mass is 28.3. The van der Waals surface area contributed by atoms with E-state index in [1.807, 2.05) is 0 Å². The molecule has 0 saturated carbocycles. The number of hydrogen-bond acceptors (Lipinski definition) is 2. The molecule has 0 unspecified atom stereocenters. The summed E-state index contributed by atoms with van der Waals surface area (Å²) in [6, 6.07) is 0. The van der Waals surface area contributed by atoms with Crippen molar-refractivity contribution < 1.29 is 9.53 Å². The third-order valence-corrected chi connectivity index (χ3v) is 7.60. The van der Waals surface area contributed by atoms with Gasteiger partial charge >= 0.3 is 5.97 Å². The molecule has 15 heavy (non-hydrogen) atoms. The highest BCUT2D eigenvalue weighted by molar-refractivity contribution is 6.84. The van der Waals surface area contributed by atoms with Crippen LogP contribution in [0.25, 0.3) is 0 Å². The lowest BCUT2D eigenvalue weighted by Gasteiger charge is -2.33. The molecule has 0 fully saturated rings. The van der Waals surface area contributed by atoms with E-state index in [0.29, 0.717) is 5.76 Å². The topological polar surface area (TPSA) is 26.3 Å². The van der Waals surface area contributed by atoms with Crippen LogP contribution in [0.3, 0.4) is 0 Å². The number of rotatable bonds is 2. The molecule has 3 heteroatoms. The zero-order valence-corrected chi connectivity index (χ0v) is 11.9. The quantitative estimate of drug-likeness (QED) is 0.311. The molecule has 0 spiro atoms. The van der Waals surface area contributed by atoms with Crippen LogP contribution >= 0.6 is 0 Å². The van der Waals surface area contributed by atoms with Gasteiger partial charge in [-0.05, 0) is 5.04 Å². The normalized spacial score (nSPS) is 11.7. The minimum atomic E-state index is -1.47. The summed E-state index contributed by atoms with van der Waals surface area (Å²) in [7, 11) is -1.47. The molecule has 0 aromatic rings. The van der Waals surface area contributed by atoms with Crippen molar-refractivity contribution in [3.05, 3.63) is 17.2 Å². The van der Waals surface area contributed by atoms with Crippen molar-refractivity contribution in [2.45, 2.75) is 52.8 Å². The van der Waals surface area contributed by atoms with Crippen molar-refractivity contribution in [2.24, 2.45) is 0 Å². The van der Waals surface area contributed by atoms with Crippen molar-refractivity contribution in [3.8, 4) is 0 Å². The lowest BCUT2D eigenvalue weighted by Crippen LogP contribution is -2.34. The Kier molecular flexibility index (Phi) is 4.56. The van der Waals surface area contributed by atoms with Crippen molar-refractivity contribution in [3.63, 3.8) is 0 Å². The Morgan fingerprint density at radius 2 is 1.73 bits per heavy atom. The van der Waals surface area contributed by atoms with E-state index in [9.17, 15) is 4.79 Å². The first-order chi connectivity index (χ1) is 6.56. The first kappa shape index (κ1) is 14.2. The van der Waals surface area contributed by atoms with Gasteiger partial charge in [-0.15, -0.1) is 0 Å². The second-order valence-electron chi connectivity index (χ2n) is 5.41. The number of ether oxygens (including phenoxy) is 1. The van der Waals surface area contributed by atoms with E-state index in [2.05, 4.69) is 45.3 Å². The van der Waals surface area contributed by atoms with Crippen molar-refractivity contribution in [2.75, 3.05) is 0 Å². The number of carbonyl (C=O) groups is 1. The van der Waals surface area contributed by atoms with E-state index >= 15 is 0 Å². The summed E-state index contributed by atoms with van der Waals surface area (Å²) < 4.78 is 4.92. The number of hydrogen-bond donors (Lipinski definition) is 0. The number of esters is 1. The van der Waals surface area contributed by atoms with Crippen molar-refractivity contribution in [1.82, 2.24) is 0 Å². The standard InChI is InChI=1S/C12H22O2Si/c1-10(14-11(2)13)8-9-15(6,7)12(3,4)5/h9H,1-7H3. The highest BCUT2D eigenvalue weighted by Crippen LogP contribution is 2.36. The largest absolute Gasteiger partial charge is 0.423 e. The molecule has 0 heterocycles. The van der Waals surface area contributed by atoms with Crippen LogP contribution in [-0.2, 0) is 9.53 Å². The molecule has 0 bridgehead atoms. The van der Waals surface area contributed by atoms with E-state index in [1.54, 1.807) is 6.92 Å². The summed E-state index contributed by atoms with van der Waals surface area (Å²) in [6.07, 6.45) is 0. The fraction of sp³-hybridized carbons (Fsp3) is 0.667. The Labute approximate surface area is 94.0 Å². The SMILES string of the molecule is CC(=O)OC(C)=C=C[Si](C)(C)C(C)(C)C. The summed E-state index contributed by atoms with van der Waals surface area (Å²) in [5.74, 6) is 0.260. The second kappa shape index (κ2) is 4.82. The van der Waals surface area contributed by atoms with E-state index in [1.165, 1.54) is 6.92 Å². The lowest BCUT2D eigenvalue weighted by molar-refractivity contribution is -0.136. The average molecular weight is 226 g/mol. The van der Waals surface area contributed by atoms with Gasteiger partial charge in [-0.3, -0.25) is 4.79 Å². The van der Waals surface area contributed by atoms with Crippen molar-refractivity contribution >= 4 is 14.0 Å². The molecular formula is C12H22O2Si. The van der Waals surface area contributed by atoms with Gasteiger partial charge in [0.1, 0.15) is 5.76 Å². The molecule has 0 rings (SSSR count). The van der Waals surface area contributed by atoms with Gasteiger partial charge in [0.05, 0.1) is 8.07 Å². The molecule has 0 N–H and O–H groups in total. The Bertz CT molecular complexity index is 302. The Hall–Kier alpha value is -0.793. The maximum absolute atomic E-state index is 10.7. The minimum absolute atomic E-state index is 0.288.